The highest BCUT2D eigenvalue weighted by Crippen LogP contribution is 2.36. The third kappa shape index (κ3) is 6.75. The number of benzene rings is 4. The molecule has 0 fully saturated rings. The van der Waals surface area contributed by atoms with Crippen molar-refractivity contribution in [2.75, 3.05) is 0 Å². The molecular formula is C48H42N8. The molecule has 0 amide bonds. The Hall–Kier alpha value is -6.80. The molecule has 274 valence electrons. The van der Waals surface area contributed by atoms with Crippen molar-refractivity contribution >= 4 is 45.8 Å². The van der Waals surface area contributed by atoms with Crippen LogP contribution in [0.2, 0.25) is 0 Å². The molecular weight excluding hydrogens is 689 g/mol. The summed E-state index contributed by atoms with van der Waals surface area (Å²) in [5.41, 5.74) is 17.0. The predicted molar refractivity (Wildman–Crippen MR) is 226 cm³/mol. The van der Waals surface area contributed by atoms with Crippen LogP contribution >= 0.6 is 0 Å². The fourth-order valence-corrected chi connectivity index (χ4v) is 8.21. The van der Waals surface area contributed by atoms with Crippen molar-refractivity contribution in [1.29, 1.82) is 0 Å². The van der Waals surface area contributed by atoms with E-state index < -0.39 is 0 Å². The third-order valence-corrected chi connectivity index (χ3v) is 10.8. The summed E-state index contributed by atoms with van der Waals surface area (Å²) in [7, 11) is 2.19. The maximum atomic E-state index is 5.35. The van der Waals surface area contributed by atoms with Crippen molar-refractivity contribution in [3.63, 3.8) is 0 Å². The minimum atomic E-state index is 0.361. The van der Waals surface area contributed by atoms with E-state index in [4.69, 9.17) is 19.9 Å². The van der Waals surface area contributed by atoms with Crippen LogP contribution in [0.25, 0.3) is 34.1 Å². The van der Waals surface area contributed by atoms with Gasteiger partial charge in [-0.25, -0.2) is 15.0 Å². The largest absolute Gasteiger partial charge is 0.344 e. The van der Waals surface area contributed by atoms with E-state index in [-0.39, 0.29) is 0 Å². The number of rotatable bonds is 8. The lowest BCUT2D eigenvalue weighted by Gasteiger charge is -2.12. The average molecular weight is 731 g/mol. The number of aryl methyl sites for hydroxylation is 3. The Kier molecular flexibility index (Phi) is 9.23. The highest BCUT2D eigenvalue weighted by molar-refractivity contribution is 6.06. The topological polar surface area (TPSA) is 86.7 Å². The van der Waals surface area contributed by atoms with Gasteiger partial charge in [0.15, 0.2) is 5.65 Å². The third-order valence-electron chi connectivity index (χ3n) is 10.8. The summed E-state index contributed by atoms with van der Waals surface area (Å²) in [5, 5.41) is 9.28. The number of hydrogen-bond donors (Lipinski definition) is 0. The van der Waals surface area contributed by atoms with Gasteiger partial charge in [-0.3, -0.25) is 4.57 Å². The zero-order valence-corrected chi connectivity index (χ0v) is 32.1. The van der Waals surface area contributed by atoms with Gasteiger partial charge in [0.2, 0.25) is 0 Å². The standard InChI is InChI=1S/C48H42N8/c1-31-25-38-29-42-53-54-48(56(42)30-37-23-15-8-16-24-37)52-47-50-41(28-36-21-13-7-14-22-36)44(51-47)40(27-35-19-11-6-12-20-35)46-39(26-34-17-9-5-10-18-34)32(2)45(55(46)4)33(3)43(31)49-38/h5-25,29H,26-28,30H2,1-4H3. The number of fused-ring (bicyclic) bond motifs is 8. The fourth-order valence-electron chi connectivity index (χ4n) is 8.21. The monoisotopic (exact) mass is 730 g/mol. The molecule has 0 atom stereocenters. The minimum Gasteiger partial charge on any atom is -0.344 e. The molecule has 0 aliphatic carbocycles. The Morgan fingerprint density at radius 2 is 1.11 bits per heavy atom. The summed E-state index contributed by atoms with van der Waals surface area (Å²) in [6.45, 7) is 7.13. The van der Waals surface area contributed by atoms with Crippen LogP contribution in [0.4, 0.5) is 5.95 Å². The van der Waals surface area contributed by atoms with Crippen molar-refractivity contribution in [1.82, 2.24) is 34.3 Å². The van der Waals surface area contributed by atoms with Gasteiger partial charge in [-0.15, -0.1) is 10.2 Å². The zero-order valence-electron chi connectivity index (χ0n) is 32.1. The van der Waals surface area contributed by atoms with Gasteiger partial charge in [0, 0.05) is 37.0 Å². The molecule has 0 radical (unpaired) electrons. The molecule has 7 aromatic rings. The highest BCUT2D eigenvalue weighted by atomic mass is 15.3. The summed E-state index contributed by atoms with van der Waals surface area (Å²) in [6, 6.07) is 44.2. The Bertz CT molecular complexity index is 2820. The SMILES string of the molecule is CC1=Cc2cc3nnc(nc4nc(c(Cc5ccccc5)c5c(Cc6ccccc6)c(C)c(c(C)c1n2)n5C)C(Cc1ccccc1)=N4)n3Cc1ccccc1. The van der Waals surface area contributed by atoms with Crippen LogP contribution in [-0.4, -0.2) is 40.0 Å². The van der Waals surface area contributed by atoms with E-state index in [0.29, 0.717) is 36.8 Å². The van der Waals surface area contributed by atoms with Crippen molar-refractivity contribution in [3.8, 4) is 0 Å². The highest BCUT2D eigenvalue weighted by Gasteiger charge is 2.25. The molecule has 8 heteroatoms. The first kappa shape index (κ1) is 34.9. The number of allylic oxidation sites excluding steroid dienone is 1. The van der Waals surface area contributed by atoms with Crippen LogP contribution in [0.5, 0.6) is 0 Å². The van der Waals surface area contributed by atoms with Crippen molar-refractivity contribution in [3.05, 3.63) is 189 Å². The molecule has 0 saturated heterocycles. The number of aromatic nitrogens is 7. The van der Waals surface area contributed by atoms with Gasteiger partial charge in [0.25, 0.3) is 11.7 Å². The maximum absolute atomic E-state index is 5.35. The van der Waals surface area contributed by atoms with E-state index in [2.05, 4.69) is 146 Å². The Morgan fingerprint density at radius 1 is 0.536 bits per heavy atom. The lowest BCUT2D eigenvalue weighted by Crippen LogP contribution is -2.09. The maximum Gasteiger partial charge on any atom is 0.254 e. The first-order valence-corrected chi connectivity index (χ1v) is 19.1. The van der Waals surface area contributed by atoms with E-state index in [1.807, 2.05) is 34.9 Å². The second-order valence-electron chi connectivity index (χ2n) is 14.7. The normalized spacial score (nSPS) is 12.4. The molecule has 3 aromatic heterocycles. The average Bonchev–Trinajstić information content (AvgIpc) is 3.96. The van der Waals surface area contributed by atoms with Gasteiger partial charge in [0.05, 0.1) is 34.9 Å². The van der Waals surface area contributed by atoms with E-state index in [9.17, 15) is 0 Å². The first-order chi connectivity index (χ1) is 27.4. The second-order valence-corrected chi connectivity index (χ2v) is 14.7. The van der Waals surface area contributed by atoms with E-state index >= 15 is 0 Å². The molecule has 8 bridgehead atoms. The molecule has 2 aliphatic rings. The number of aliphatic imine (C=N–C) groups is 1. The fraction of sp³-hybridized carbons (Fsp3) is 0.167. The molecule has 0 N–H and O–H groups in total. The molecule has 8 nitrogen and oxygen atoms in total. The molecule has 9 rings (SSSR count). The van der Waals surface area contributed by atoms with Gasteiger partial charge < -0.3 is 4.57 Å². The van der Waals surface area contributed by atoms with E-state index in [1.165, 1.54) is 22.3 Å². The lowest BCUT2D eigenvalue weighted by molar-refractivity contribution is 0.844. The van der Waals surface area contributed by atoms with Gasteiger partial charge in [-0.2, -0.15) is 4.98 Å². The molecule has 0 spiro atoms. The van der Waals surface area contributed by atoms with Crippen LogP contribution < -0.4 is 0 Å². The molecule has 56 heavy (non-hydrogen) atoms. The Morgan fingerprint density at radius 3 is 1.73 bits per heavy atom. The first-order valence-electron chi connectivity index (χ1n) is 19.1. The molecule has 0 unspecified atom stereocenters. The smallest absolute Gasteiger partial charge is 0.254 e. The predicted octanol–water partition coefficient (Wildman–Crippen LogP) is 9.75. The zero-order chi connectivity index (χ0) is 38.2. The van der Waals surface area contributed by atoms with E-state index in [0.717, 1.165) is 68.1 Å². The number of nitrogens with zero attached hydrogens (tertiary/aromatic N) is 8. The van der Waals surface area contributed by atoms with Crippen molar-refractivity contribution < 1.29 is 0 Å². The summed E-state index contributed by atoms with van der Waals surface area (Å²) < 4.78 is 4.40. The molecule has 4 aromatic carbocycles. The van der Waals surface area contributed by atoms with Crippen LogP contribution in [0, 0.1) is 13.8 Å². The number of hydrogen-bond acceptors (Lipinski definition) is 6. The Balaban J connectivity index is 1.43. The van der Waals surface area contributed by atoms with Gasteiger partial charge in [0.1, 0.15) is 0 Å². The summed E-state index contributed by atoms with van der Waals surface area (Å²) in [4.78, 5) is 20.9. The Labute approximate surface area is 326 Å². The van der Waals surface area contributed by atoms with Gasteiger partial charge >= 0.3 is 0 Å². The van der Waals surface area contributed by atoms with Crippen molar-refractivity contribution in [2.45, 2.75) is 46.6 Å². The van der Waals surface area contributed by atoms with Crippen LogP contribution in [0.3, 0.4) is 0 Å². The minimum absolute atomic E-state index is 0.361. The summed E-state index contributed by atoms with van der Waals surface area (Å²) in [6.07, 6.45) is 4.15. The van der Waals surface area contributed by atoms with Crippen LogP contribution in [0.15, 0.2) is 132 Å². The molecule has 5 heterocycles. The van der Waals surface area contributed by atoms with Gasteiger partial charge in [-0.05, 0) is 77.8 Å². The van der Waals surface area contributed by atoms with Gasteiger partial charge in [-0.1, -0.05) is 121 Å². The molecule has 0 saturated carbocycles. The van der Waals surface area contributed by atoms with Crippen molar-refractivity contribution in [2.24, 2.45) is 12.0 Å². The summed E-state index contributed by atoms with van der Waals surface area (Å²) in [5.74, 6) is 0.799. The van der Waals surface area contributed by atoms with E-state index in [1.54, 1.807) is 0 Å². The quantitative estimate of drug-likeness (QED) is 0.155. The molecule has 2 aliphatic heterocycles. The lowest BCUT2D eigenvalue weighted by atomic mass is 9.94. The van der Waals surface area contributed by atoms with Crippen LogP contribution in [-0.2, 0) is 32.9 Å². The van der Waals surface area contributed by atoms with Crippen LogP contribution in [0.1, 0.15) is 68.5 Å². The second kappa shape index (κ2) is 14.8. The summed E-state index contributed by atoms with van der Waals surface area (Å²) >= 11 is 0.